The summed E-state index contributed by atoms with van der Waals surface area (Å²) < 4.78 is 18.4. The average molecular weight is 361 g/mol. The SMILES string of the molecule is COc1ccc(C2=Nn3c(nc(C)c3C)Cc3cc4c(cc32)OCO4)cc1. The van der Waals surface area contributed by atoms with Gasteiger partial charge in [0.15, 0.2) is 11.5 Å². The number of benzene rings is 2. The summed E-state index contributed by atoms with van der Waals surface area (Å²) in [6, 6.07) is 12.0. The van der Waals surface area contributed by atoms with Crippen LogP contribution >= 0.6 is 0 Å². The van der Waals surface area contributed by atoms with Gasteiger partial charge < -0.3 is 14.2 Å². The van der Waals surface area contributed by atoms with E-state index >= 15 is 0 Å². The minimum absolute atomic E-state index is 0.250. The number of imidazole rings is 1. The van der Waals surface area contributed by atoms with Gasteiger partial charge in [-0.2, -0.15) is 5.10 Å². The lowest BCUT2D eigenvalue weighted by molar-refractivity contribution is 0.174. The Balaban J connectivity index is 1.76. The fraction of sp³-hybridized carbons (Fsp3) is 0.238. The van der Waals surface area contributed by atoms with Gasteiger partial charge in [0.1, 0.15) is 11.6 Å². The molecule has 1 aromatic heterocycles. The van der Waals surface area contributed by atoms with Crippen LogP contribution in [0.5, 0.6) is 17.2 Å². The number of aromatic nitrogens is 2. The van der Waals surface area contributed by atoms with Gasteiger partial charge in [0, 0.05) is 17.5 Å². The Morgan fingerprint density at radius 2 is 1.78 bits per heavy atom. The minimum Gasteiger partial charge on any atom is -0.497 e. The molecule has 0 aliphatic carbocycles. The van der Waals surface area contributed by atoms with Gasteiger partial charge >= 0.3 is 0 Å². The number of aryl methyl sites for hydroxylation is 1. The highest BCUT2D eigenvalue weighted by molar-refractivity contribution is 6.14. The molecule has 0 amide bonds. The lowest BCUT2D eigenvalue weighted by atomic mass is 9.95. The van der Waals surface area contributed by atoms with Crippen LogP contribution in [0, 0.1) is 13.8 Å². The number of rotatable bonds is 2. The van der Waals surface area contributed by atoms with Crippen molar-refractivity contribution in [3.63, 3.8) is 0 Å². The molecule has 0 saturated carbocycles. The molecule has 2 aliphatic rings. The molecule has 3 heterocycles. The van der Waals surface area contributed by atoms with Gasteiger partial charge in [-0.15, -0.1) is 0 Å². The molecule has 136 valence electrons. The monoisotopic (exact) mass is 361 g/mol. The summed E-state index contributed by atoms with van der Waals surface area (Å²) >= 11 is 0. The van der Waals surface area contributed by atoms with E-state index in [1.807, 2.05) is 54.9 Å². The second kappa shape index (κ2) is 5.87. The smallest absolute Gasteiger partial charge is 0.231 e. The summed E-state index contributed by atoms with van der Waals surface area (Å²) in [6.07, 6.45) is 0.684. The summed E-state index contributed by atoms with van der Waals surface area (Å²) in [5.41, 5.74) is 6.08. The maximum Gasteiger partial charge on any atom is 0.231 e. The quantitative estimate of drug-likeness (QED) is 0.549. The summed E-state index contributed by atoms with van der Waals surface area (Å²) in [7, 11) is 1.66. The third-order valence-electron chi connectivity index (χ3n) is 5.15. The average Bonchev–Trinajstić information content (AvgIpc) is 3.19. The van der Waals surface area contributed by atoms with E-state index in [9.17, 15) is 0 Å². The molecule has 2 aliphatic heterocycles. The molecule has 6 nitrogen and oxygen atoms in total. The van der Waals surface area contributed by atoms with E-state index in [2.05, 4.69) is 0 Å². The minimum atomic E-state index is 0.250. The van der Waals surface area contributed by atoms with Crippen LogP contribution in [0.4, 0.5) is 0 Å². The lowest BCUT2D eigenvalue weighted by Crippen LogP contribution is -2.07. The fourth-order valence-electron chi connectivity index (χ4n) is 3.55. The lowest BCUT2D eigenvalue weighted by Gasteiger charge is -2.11. The van der Waals surface area contributed by atoms with Gasteiger partial charge in [-0.3, -0.25) is 0 Å². The number of ether oxygens (including phenoxy) is 3. The van der Waals surface area contributed by atoms with Crippen molar-refractivity contribution in [2.24, 2.45) is 5.10 Å². The Morgan fingerprint density at radius 3 is 2.52 bits per heavy atom. The van der Waals surface area contributed by atoms with Crippen molar-refractivity contribution < 1.29 is 14.2 Å². The normalized spacial score (nSPS) is 14.3. The van der Waals surface area contributed by atoms with E-state index in [0.717, 1.165) is 56.9 Å². The highest BCUT2D eigenvalue weighted by atomic mass is 16.7. The molecular formula is C21H19N3O3. The first-order chi connectivity index (χ1) is 13.1. The van der Waals surface area contributed by atoms with Crippen LogP contribution in [0.3, 0.4) is 0 Å². The summed E-state index contributed by atoms with van der Waals surface area (Å²) in [5, 5.41) is 4.99. The van der Waals surface area contributed by atoms with Crippen molar-refractivity contribution in [2.75, 3.05) is 13.9 Å². The molecule has 0 bridgehead atoms. The van der Waals surface area contributed by atoms with E-state index in [1.54, 1.807) is 7.11 Å². The fourth-order valence-corrected chi connectivity index (χ4v) is 3.55. The molecule has 3 aromatic rings. The van der Waals surface area contributed by atoms with Crippen molar-refractivity contribution in [1.82, 2.24) is 9.66 Å². The molecule has 2 aromatic carbocycles. The van der Waals surface area contributed by atoms with Crippen LogP contribution in [0.1, 0.15) is 33.9 Å². The first-order valence-corrected chi connectivity index (χ1v) is 8.85. The van der Waals surface area contributed by atoms with Crippen molar-refractivity contribution in [3.05, 3.63) is 70.3 Å². The molecule has 0 fully saturated rings. The molecule has 0 radical (unpaired) electrons. The zero-order chi connectivity index (χ0) is 18.5. The molecule has 6 heteroatoms. The highest BCUT2D eigenvalue weighted by Gasteiger charge is 2.25. The van der Waals surface area contributed by atoms with Gasteiger partial charge in [-0.25, -0.2) is 9.66 Å². The van der Waals surface area contributed by atoms with E-state index in [0.29, 0.717) is 6.42 Å². The zero-order valence-corrected chi connectivity index (χ0v) is 15.4. The Hall–Kier alpha value is -3.28. The largest absolute Gasteiger partial charge is 0.497 e. The van der Waals surface area contributed by atoms with Gasteiger partial charge in [0.05, 0.1) is 24.2 Å². The van der Waals surface area contributed by atoms with Crippen LogP contribution in [-0.2, 0) is 6.42 Å². The third-order valence-corrected chi connectivity index (χ3v) is 5.15. The van der Waals surface area contributed by atoms with Crippen LogP contribution in [0.25, 0.3) is 0 Å². The van der Waals surface area contributed by atoms with Crippen molar-refractivity contribution in [1.29, 1.82) is 0 Å². The van der Waals surface area contributed by atoms with E-state index in [4.69, 9.17) is 24.3 Å². The first kappa shape index (κ1) is 15.9. The molecular weight excluding hydrogens is 342 g/mol. The van der Waals surface area contributed by atoms with Crippen LogP contribution in [-0.4, -0.2) is 29.3 Å². The number of nitrogens with zero attached hydrogens (tertiary/aromatic N) is 3. The van der Waals surface area contributed by atoms with Crippen molar-refractivity contribution in [3.8, 4) is 17.2 Å². The Bertz CT molecular complexity index is 1080. The molecule has 0 saturated heterocycles. The summed E-state index contributed by atoms with van der Waals surface area (Å²) in [5.74, 6) is 3.27. The topological polar surface area (TPSA) is 57.9 Å². The number of hydrogen-bond acceptors (Lipinski definition) is 5. The molecule has 0 spiro atoms. The van der Waals surface area contributed by atoms with Crippen LogP contribution < -0.4 is 14.2 Å². The molecule has 0 unspecified atom stereocenters. The van der Waals surface area contributed by atoms with Gasteiger partial charge in [-0.05, 0) is 55.8 Å². The highest BCUT2D eigenvalue weighted by Crippen LogP contribution is 2.37. The van der Waals surface area contributed by atoms with Crippen molar-refractivity contribution >= 4 is 5.71 Å². The zero-order valence-electron chi connectivity index (χ0n) is 15.4. The Kier molecular flexibility index (Phi) is 3.47. The predicted octanol–water partition coefficient (Wildman–Crippen LogP) is 3.44. The molecule has 27 heavy (non-hydrogen) atoms. The van der Waals surface area contributed by atoms with Gasteiger partial charge in [-0.1, -0.05) is 0 Å². The number of fused-ring (bicyclic) bond motifs is 3. The first-order valence-electron chi connectivity index (χ1n) is 8.85. The van der Waals surface area contributed by atoms with Crippen LogP contribution in [0.15, 0.2) is 41.5 Å². The Morgan fingerprint density at radius 1 is 1.04 bits per heavy atom. The standard InChI is InChI=1S/C21H19N3O3/c1-12-13(2)24-20(22-12)9-15-8-18-19(27-11-26-18)10-17(15)21(23-24)14-4-6-16(25-3)7-5-14/h4-8,10H,9,11H2,1-3H3. The molecule has 0 atom stereocenters. The predicted molar refractivity (Wildman–Crippen MR) is 101 cm³/mol. The second-order valence-electron chi connectivity index (χ2n) is 6.73. The number of methoxy groups -OCH3 is 1. The van der Waals surface area contributed by atoms with Crippen LogP contribution in [0.2, 0.25) is 0 Å². The number of hydrogen-bond donors (Lipinski definition) is 0. The van der Waals surface area contributed by atoms with Gasteiger partial charge in [0.25, 0.3) is 0 Å². The third kappa shape index (κ3) is 2.48. The van der Waals surface area contributed by atoms with E-state index in [-0.39, 0.29) is 6.79 Å². The maximum absolute atomic E-state index is 5.61. The van der Waals surface area contributed by atoms with Gasteiger partial charge in [0.2, 0.25) is 6.79 Å². The summed E-state index contributed by atoms with van der Waals surface area (Å²) in [4.78, 5) is 4.72. The second-order valence-corrected chi connectivity index (χ2v) is 6.73. The van der Waals surface area contributed by atoms with E-state index in [1.165, 1.54) is 0 Å². The summed E-state index contributed by atoms with van der Waals surface area (Å²) in [6.45, 7) is 4.31. The van der Waals surface area contributed by atoms with E-state index < -0.39 is 0 Å². The molecule has 0 N–H and O–H groups in total. The molecule has 5 rings (SSSR count). The maximum atomic E-state index is 5.61. The Labute approximate surface area is 157 Å². The van der Waals surface area contributed by atoms with Crippen molar-refractivity contribution in [2.45, 2.75) is 20.3 Å².